The van der Waals surface area contributed by atoms with Crippen molar-refractivity contribution in [3.8, 4) is 6.01 Å². The van der Waals surface area contributed by atoms with Crippen molar-refractivity contribution in [3.05, 3.63) is 30.4 Å². The molecule has 1 aliphatic heterocycles. The van der Waals surface area contributed by atoms with Gasteiger partial charge in [0.1, 0.15) is 24.4 Å². The summed E-state index contributed by atoms with van der Waals surface area (Å²) in [4.78, 5) is 35.1. The molecule has 1 aliphatic rings. The number of nitrogens with one attached hydrogen (secondary N) is 1. The van der Waals surface area contributed by atoms with Gasteiger partial charge in [-0.1, -0.05) is 26.0 Å². The number of hydrogen-bond acceptors (Lipinski definition) is 8. The van der Waals surface area contributed by atoms with Gasteiger partial charge in [0.25, 0.3) is 0 Å². The number of amides is 2. The summed E-state index contributed by atoms with van der Waals surface area (Å²) in [6.45, 7) is 5.92. The largest absolute Gasteiger partial charge is 0.457 e. The van der Waals surface area contributed by atoms with Crippen molar-refractivity contribution in [2.75, 3.05) is 13.6 Å². The van der Waals surface area contributed by atoms with Crippen molar-refractivity contribution in [1.29, 1.82) is 0 Å². The van der Waals surface area contributed by atoms with Gasteiger partial charge in [0.05, 0.1) is 12.3 Å². The minimum Gasteiger partial charge on any atom is -0.457 e. The van der Waals surface area contributed by atoms with Crippen molar-refractivity contribution in [2.45, 2.75) is 52.0 Å². The van der Waals surface area contributed by atoms with Gasteiger partial charge in [0.2, 0.25) is 11.8 Å². The number of nitrogens with zero attached hydrogens (tertiary/aromatic N) is 6. The average Bonchev–Trinajstić information content (AvgIpc) is 3.32. The highest BCUT2D eigenvalue weighted by atomic mass is 16.5. The standard InChI is InChI=1S/C19H27N7O4/c1-19(2,3)15(17(29)25-10-13(27)8-14(25)16(28)20-4)26-9-12(23-24-26)11-30-18-21-6-5-7-22-18/h5-7,9,13-15,27H,8,10-11H2,1-4H3,(H,20,28)/t13?,14-,15?/m1/s1. The Labute approximate surface area is 174 Å². The van der Waals surface area contributed by atoms with Crippen molar-refractivity contribution in [2.24, 2.45) is 5.41 Å². The highest BCUT2D eigenvalue weighted by molar-refractivity contribution is 5.90. The maximum Gasteiger partial charge on any atom is 0.316 e. The molecule has 0 spiro atoms. The smallest absolute Gasteiger partial charge is 0.316 e. The van der Waals surface area contributed by atoms with E-state index in [1.165, 1.54) is 16.6 Å². The van der Waals surface area contributed by atoms with Crippen LogP contribution in [0.4, 0.5) is 0 Å². The Morgan fingerprint density at radius 3 is 2.67 bits per heavy atom. The van der Waals surface area contributed by atoms with E-state index in [0.717, 1.165) is 0 Å². The van der Waals surface area contributed by atoms with Crippen LogP contribution in [-0.2, 0) is 16.2 Å². The number of rotatable bonds is 6. The highest BCUT2D eigenvalue weighted by Crippen LogP contribution is 2.34. The molecule has 0 radical (unpaired) electrons. The third-order valence-corrected chi connectivity index (χ3v) is 4.88. The number of carbonyl (C=O) groups excluding carboxylic acids is 2. The van der Waals surface area contributed by atoms with E-state index in [4.69, 9.17) is 4.74 Å². The van der Waals surface area contributed by atoms with Crippen molar-refractivity contribution in [1.82, 2.24) is 35.2 Å². The number of likely N-dealkylation sites (tertiary alicyclic amines) is 1. The molecule has 2 aromatic heterocycles. The first-order valence-electron chi connectivity index (χ1n) is 9.71. The summed E-state index contributed by atoms with van der Waals surface area (Å²) in [6.07, 6.45) is 4.23. The predicted molar refractivity (Wildman–Crippen MR) is 105 cm³/mol. The van der Waals surface area contributed by atoms with Crippen LogP contribution in [0, 0.1) is 5.41 Å². The minimum absolute atomic E-state index is 0.0956. The number of carbonyl (C=O) groups is 2. The van der Waals surface area contributed by atoms with Crippen LogP contribution in [0.3, 0.4) is 0 Å². The normalized spacial score (nSPS) is 20.1. The fourth-order valence-corrected chi connectivity index (χ4v) is 3.51. The molecule has 3 heterocycles. The van der Waals surface area contributed by atoms with E-state index in [1.807, 2.05) is 20.8 Å². The van der Waals surface area contributed by atoms with Crippen LogP contribution in [0.25, 0.3) is 0 Å². The van der Waals surface area contributed by atoms with Gasteiger partial charge in [-0.2, -0.15) is 0 Å². The molecule has 2 unspecified atom stereocenters. The minimum atomic E-state index is -0.748. The van der Waals surface area contributed by atoms with Gasteiger partial charge in [0.15, 0.2) is 0 Å². The first-order valence-corrected chi connectivity index (χ1v) is 9.71. The number of ether oxygens (including phenoxy) is 1. The molecule has 0 bridgehead atoms. The number of hydrogen-bond donors (Lipinski definition) is 2. The van der Waals surface area contributed by atoms with E-state index < -0.39 is 23.6 Å². The lowest BCUT2D eigenvalue weighted by Crippen LogP contribution is -2.49. The second kappa shape index (κ2) is 8.74. The Balaban J connectivity index is 1.80. The van der Waals surface area contributed by atoms with Gasteiger partial charge in [-0.3, -0.25) is 9.59 Å². The molecule has 162 valence electrons. The Morgan fingerprint density at radius 2 is 2.03 bits per heavy atom. The molecule has 3 atom stereocenters. The first kappa shape index (κ1) is 21.6. The number of aromatic nitrogens is 5. The van der Waals surface area contributed by atoms with E-state index in [-0.39, 0.29) is 37.4 Å². The van der Waals surface area contributed by atoms with E-state index in [2.05, 4.69) is 25.6 Å². The van der Waals surface area contributed by atoms with Crippen molar-refractivity contribution >= 4 is 11.8 Å². The molecule has 0 aliphatic carbocycles. The zero-order valence-corrected chi connectivity index (χ0v) is 17.5. The third-order valence-electron chi connectivity index (χ3n) is 4.88. The van der Waals surface area contributed by atoms with Crippen LogP contribution < -0.4 is 10.1 Å². The van der Waals surface area contributed by atoms with Gasteiger partial charge >= 0.3 is 6.01 Å². The number of β-amino-alcohol motifs (C(OH)–C–C–N with tert-alkyl or cyclic N) is 1. The van der Waals surface area contributed by atoms with Crippen LogP contribution in [-0.4, -0.2) is 72.5 Å². The number of aliphatic hydroxyl groups is 1. The quantitative estimate of drug-likeness (QED) is 0.667. The molecule has 3 rings (SSSR count). The van der Waals surface area contributed by atoms with Gasteiger partial charge in [0, 0.05) is 32.4 Å². The predicted octanol–water partition coefficient (Wildman–Crippen LogP) is -0.0579. The fourth-order valence-electron chi connectivity index (χ4n) is 3.51. The molecule has 2 aromatic rings. The van der Waals surface area contributed by atoms with Crippen molar-refractivity contribution < 1.29 is 19.4 Å². The summed E-state index contributed by atoms with van der Waals surface area (Å²) < 4.78 is 6.97. The second-order valence-corrected chi connectivity index (χ2v) is 8.29. The molecular formula is C19H27N7O4. The van der Waals surface area contributed by atoms with Crippen molar-refractivity contribution in [3.63, 3.8) is 0 Å². The van der Waals surface area contributed by atoms with Gasteiger partial charge in [-0.05, 0) is 11.5 Å². The summed E-state index contributed by atoms with van der Waals surface area (Å²) in [7, 11) is 1.51. The van der Waals surface area contributed by atoms with Gasteiger partial charge < -0.3 is 20.1 Å². The third kappa shape index (κ3) is 4.73. The van der Waals surface area contributed by atoms with E-state index >= 15 is 0 Å². The Hall–Kier alpha value is -3.08. The monoisotopic (exact) mass is 417 g/mol. The maximum atomic E-state index is 13.5. The average molecular weight is 417 g/mol. The Morgan fingerprint density at radius 1 is 1.33 bits per heavy atom. The number of likely N-dealkylation sites (N-methyl/N-ethyl adjacent to an activating group) is 1. The van der Waals surface area contributed by atoms with Crippen LogP contribution >= 0.6 is 0 Å². The van der Waals surface area contributed by atoms with E-state index in [1.54, 1.807) is 24.7 Å². The zero-order valence-electron chi connectivity index (χ0n) is 17.5. The summed E-state index contributed by atoms with van der Waals surface area (Å²) in [5.74, 6) is -0.598. The van der Waals surface area contributed by atoms with E-state index in [9.17, 15) is 14.7 Å². The molecule has 11 nitrogen and oxygen atoms in total. The van der Waals surface area contributed by atoms with Gasteiger partial charge in [-0.25, -0.2) is 14.6 Å². The van der Waals surface area contributed by atoms with Crippen LogP contribution in [0.15, 0.2) is 24.7 Å². The topological polar surface area (TPSA) is 135 Å². The molecule has 11 heteroatoms. The highest BCUT2D eigenvalue weighted by Gasteiger charge is 2.44. The lowest BCUT2D eigenvalue weighted by atomic mass is 9.85. The zero-order chi connectivity index (χ0) is 21.9. The Bertz CT molecular complexity index is 881. The molecule has 0 aromatic carbocycles. The second-order valence-electron chi connectivity index (χ2n) is 8.29. The van der Waals surface area contributed by atoms with Crippen LogP contribution in [0.5, 0.6) is 6.01 Å². The summed E-state index contributed by atoms with van der Waals surface area (Å²) in [5, 5.41) is 20.8. The first-order chi connectivity index (χ1) is 14.2. The molecule has 1 fully saturated rings. The van der Waals surface area contributed by atoms with Crippen LogP contribution in [0.1, 0.15) is 38.9 Å². The lowest BCUT2D eigenvalue weighted by molar-refractivity contribution is -0.144. The van der Waals surface area contributed by atoms with E-state index in [0.29, 0.717) is 5.69 Å². The molecule has 2 amide bonds. The summed E-state index contributed by atoms with van der Waals surface area (Å²) >= 11 is 0. The molecule has 0 saturated carbocycles. The molecule has 2 N–H and O–H groups in total. The number of aliphatic hydroxyl groups excluding tert-OH is 1. The molecular weight excluding hydrogens is 390 g/mol. The molecule has 1 saturated heterocycles. The van der Waals surface area contributed by atoms with Crippen LogP contribution in [0.2, 0.25) is 0 Å². The Kier molecular flexibility index (Phi) is 6.30. The fraction of sp³-hybridized carbons (Fsp3) is 0.579. The molecule has 30 heavy (non-hydrogen) atoms. The lowest BCUT2D eigenvalue weighted by Gasteiger charge is -2.34. The maximum absolute atomic E-state index is 13.5. The summed E-state index contributed by atoms with van der Waals surface area (Å²) in [5.41, 5.74) is -0.0134. The van der Waals surface area contributed by atoms with Gasteiger partial charge in [-0.15, -0.1) is 5.10 Å². The summed E-state index contributed by atoms with van der Waals surface area (Å²) in [6, 6.07) is 0.465. The SMILES string of the molecule is CNC(=O)[C@H]1CC(O)CN1C(=O)C(n1cc(COc2ncccn2)nn1)C(C)(C)C.